The summed E-state index contributed by atoms with van der Waals surface area (Å²) in [5, 5.41) is 6.68. The second kappa shape index (κ2) is 9.83. The van der Waals surface area contributed by atoms with Crippen molar-refractivity contribution >= 4 is 46.5 Å². The Labute approximate surface area is 202 Å². The molecule has 8 heteroatoms. The SMILES string of the molecule is Cc1ccc(NC(=O)Nc2ccc3c(c2)CN(C(=O)[C@H](N)Cc2ccc(Cl)cc2Cl)C3)cc1. The Kier molecular flexibility index (Phi) is 6.88. The van der Waals surface area contributed by atoms with Crippen molar-refractivity contribution in [2.24, 2.45) is 5.73 Å². The molecule has 0 aliphatic carbocycles. The Morgan fingerprint density at radius 1 is 0.939 bits per heavy atom. The minimum absolute atomic E-state index is 0.149. The van der Waals surface area contributed by atoms with Crippen LogP contribution in [0.1, 0.15) is 22.3 Å². The number of rotatable bonds is 5. The lowest BCUT2D eigenvalue weighted by Gasteiger charge is -2.20. The molecule has 4 rings (SSSR count). The molecule has 3 aromatic rings. The second-order valence-corrected chi connectivity index (χ2v) is 9.01. The highest BCUT2D eigenvalue weighted by Crippen LogP contribution is 2.27. The van der Waals surface area contributed by atoms with Gasteiger partial charge in [-0.3, -0.25) is 4.79 Å². The van der Waals surface area contributed by atoms with E-state index >= 15 is 0 Å². The monoisotopic (exact) mass is 482 g/mol. The number of urea groups is 1. The van der Waals surface area contributed by atoms with E-state index in [1.54, 1.807) is 23.1 Å². The van der Waals surface area contributed by atoms with E-state index in [-0.39, 0.29) is 11.9 Å². The number of carbonyl (C=O) groups is 2. The highest BCUT2D eigenvalue weighted by atomic mass is 35.5. The van der Waals surface area contributed by atoms with Crippen LogP contribution in [0.25, 0.3) is 0 Å². The molecule has 4 N–H and O–H groups in total. The summed E-state index contributed by atoms with van der Waals surface area (Å²) < 4.78 is 0. The predicted octanol–water partition coefficient (Wildman–Crippen LogP) is 5.36. The third kappa shape index (κ3) is 5.66. The van der Waals surface area contributed by atoms with Gasteiger partial charge in [0.1, 0.15) is 0 Å². The fourth-order valence-corrected chi connectivity index (χ4v) is 4.29. The number of aryl methyl sites for hydroxylation is 1. The molecule has 1 aliphatic heterocycles. The summed E-state index contributed by atoms with van der Waals surface area (Å²) in [5.74, 6) is -0.149. The minimum atomic E-state index is -0.712. The van der Waals surface area contributed by atoms with Crippen LogP contribution in [-0.2, 0) is 24.3 Å². The van der Waals surface area contributed by atoms with Crippen LogP contribution >= 0.6 is 23.2 Å². The first-order valence-electron chi connectivity index (χ1n) is 10.5. The number of nitrogens with zero attached hydrogens (tertiary/aromatic N) is 1. The summed E-state index contributed by atoms with van der Waals surface area (Å²) in [6.45, 7) is 2.90. The van der Waals surface area contributed by atoms with Crippen molar-refractivity contribution in [1.29, 1.82) is 0 Å². The van der Waals surface area contributed by atoms with E-state index in [2.05, 4.69) is 10.6 Å². The smallest absolute Gasteiger partial charge is 0.323 e. The first-order valence-corrected chi connectivity index (χ1v) is 11.3. The van der Waals surface area contributed by atoms with E-state index in [0.29, 0.717) is 40.9 Å². The summed E-state index contributed by atoms with van der Waals surface area (Å²) in [5.41, 5.74) is 11.5. The Hall–Kier alpha value is -3.06. The zero-order chi connectivity index (χ0) is 23.5. The standard InChI is InChI=1S/C25H24Cl2N4O2/c1-15-2-7-20(8-3-15)29-25(33)30-21-9-5-17-13-31(14-18(17)10-21)24(32)23(28)11-16-4-6-19(26)12-22(16)27/h2-10,12,23H,11,13-14,28H2,1H3,(H2,29,30,33)/t23-/m1/s1. The van der Waals surface area contributed by atoms with Gasteiger partial charge in [0.25, 0.3) is 0 Å². The first-order chi connectivity index (χ1) is 15.8. The van der Waals surface area contributed by atoms with E-state index in [1.807, 2.05) is 49.4 Å². The molecule has 3 amide bonds. The maximum absolute atomic E-state index is 12.9. The normalized spacial score (nSPS) is 13.4. The zero-order valence-electron chi connectivity index (χ0n) is 18.1. The number of hydrogen-bond donors (Lipinski definition) is 3. The Balaban J connectivity index is 1.36. The number of amides is 3. The van der Waals surface area contributed by atoms with Gasteiger partial charge in [0.2, 0.25) is 5.91 Å². The average molecular weight is 483 g/mol. The van der Waals surface area contributed by atoms with Crippen molar-refractivity contribution in [3.05, 3.63) is 93.0 Å². The zero-order valence-corrected chi connectivity index (χ0v) is 19.6. The van der Waals surface area contributed by atoms with Crippen LogP contribution in [0.3, 0.4) is 0 Å². The van der Waals surface area contributed by atoms with Crippen molar-refractivity contribution in [2.75, 3.05) is 10.6 Å². The second-order valence-electron chi connectivity index (χ2n) is 8.17. The number of carbonyl (C=O) groups excluding carboxylic acids is 2. The highest BCUT2D eigenvalue weighted by Gasteiger charge is 2.28. The van der Waals surface area contributed by atoms with Crippen LogP contribution in [0, 0.1) is 6.92 Å². The first kappa shape index (κ1) is 23.1. The molecular weight excluding hydrogens is 459 g/mol. The molecule has 0 spiro atoms. The summed E-state index contributed by atoms with van der Waals surface area (Å²) in [7, 11) is 0. The molecule has 0 bridgehead atoms. The van der Waals surface area contributed by atoms with Gasteiger partial charge in [-0.15, -0.1) is 0 Å². The van der Waals surface area contributed by atoms with Gasteiger partial charge in [-0.1, -0.05) is 53.0 Å². The van der Waals surface area contributed by atoms with Gasteiger partial charge in [0, 0.05) is 34.5 Å². The maximum atomic E-state index is 12.9. The molecule has 0 unspecified atom stereocenters. The lowest BCUT2D eigenvalue weighted by Crippen LogP contribution is -2.42. The molecule has 1 heterocycles. The summed E-state index contributed by atoms with van der Waals surface area (Å²) in [6, 6.07) is 17.3. The number of nitrogens with two attached hydrogens (primary N) is 1. The van der Waals surface area contributed by atoms with Crippen molar-refractivity contribution in [1.82, 2.24) is 4.90 Å². The molecule has 0 radical (unpaired) electrons. The summed E-state index contributed by atoms with van der Waals surface area (Å²) in [4.78, 5) is 27.0. The Morgan fingerprint density at radius 2 is 1.61 bits per heavy atom. The lowest BCUT2D eigenvalue weighted by molar-refractivity contribution is -0.133. The number of hydrogen-bond acceptors (Lipinski definition) is 3. The molecule has 170 valence electrons. The number of benzene rings is 3. The molecular formula is C25H24Cl2N4O2. The van der Waals surface area contributed by atoms with Crippen LogP contribution < -0.4 is 16.4 Å². The van der Waals surface area contributed by atoms with Gasteiger partial charge >= 0.3 is 6.03 Å². The van der Waals surface area contributed by atoms with Crippen molar-refractivity contribution in [3.63, 3.8) is 0 Å². The van der Waals surface area contributed by atoms with Gasteiger partial charge in [0.15, 0.2) is 0 Å². The minimum Gasteiger partial charge on any atom is -0.333 e. The highest BCUT2D eigenvalue weighted by molar-refractivity contribution is 6.35. The van der Waals surface area contributed by atoms with Gasteiger partial charge in [0.05, 0.1) is 6.04 Å². The molecule has 0 fully saturated rings. The fourth-order valence-electron chi connectivity index (χ4n) is 3.80. The van der Waals surface area contributed by atoms with Gasteiger partial charge in [-0.25, -0.2) is 4.79 Å². The summed E-state index contributed by atoms with van der Waals surface area (Å²) >= 11 is 12.2. The van der Waals surface area contributed by atoms with E-state index in [9.17, 15) is 9.59 Å². The quantitative estimate of drug-likeness (QED) is 0.457. The van der Waals surface area contributed by atoms with Crippen molar-refractivity contribution in [3.8, 4) is 0 Å². The topological polar surface area (TPSA) is 87.5 Å². The molecule has 0 saturated carbocycles. The molecule has 33 heavy (non-hydrogen) atoms. The van der Waals surface area contributed by atoms with Crippen LogP contribution in [0.15, 0.2) is 60.7 Å². The molecule has 1 atom stereocenters. The van der Waals surface area contributed by atoms with Gasteiger partial charge in [-0.2, -0.15) is 0 Å². The third-order valence-electron chi connectivity index (χ3n) is 5.58. The van der Waals surface area contributed by atoms with Gasteiger partial charge < -0.3 is 21.3 Å². The average Bonchev–Trinajstić information content (AvgIpc) is 3.20. The molecule has 0 aromatic heterocycles. The lowest BCUT2D eigenvalue weighted by atomic mass is 10.1. The van der Waals surface area contributed by atoms with Crippen molar-refractivity contribution in [2.45, 2.75) is 32.5 Å². The molecule has 0 saturated heterocycles. The molecule has 3 aromatic carbocycles. The number of anilines is 2. The third-order valence-corrected chi connectivity index (χ3v) is 6.17. The van der Waals surface area contributed by atoms with Crippen LogP contribution in [0.5, 0.6) is 0 Å². The van der Waals surface area contributed by atoms with Crippen LogP contribution in [0.4, 0.5) is 16.2 Å². The number of nitrogens with one attached hydrogen (secondary N) is 2. The van der Waals surface area contributed by atoms with E-state index in [4.69, 9.17) is 28.9 Å². The molecule has 6 nitrogen and oxygen atoms in total. The van der Waals surface area contributed by atoms with Crippen LogP contribution in [-0.4, -0.2) is 22.9 Å². The largest absolute Gasteiger partial charge is 0.333 e. The molecule has 1 aliphatic rings. The fraction of sp³-hybridized carbons (Fsp3) is 0.200. The Bertz CT molecular complexity index is 1200. The number of fused-ring (bicyclic) bond motifs is 1. The van der Waals surface area contributed by atoms with E-state index in [0.717, 1.165) is 22.3 Å². The van der Waals surface area contributed by atoms with E-state index < -0.39 is 6.04 Å². The maximum Gasteiger partial charge on any atom is 0.323 e. The number of halogens is 2. The van der Waals surface area contributed by atoms with Crippen molar-refractivity contribution < 1.29 is 9.59 Å². The van der Waals surface area contributed by atoms with Gasteiger partial charge in [-0.05, 0) is 66.4 Å². The van der Waals surface area contributed by atoms with Crippen LogP contribution in [0.2, 0.25) is 10.0 Å². The Morgan fingerprint density at radius 3 is 2.33 bits per heavy atom. The van der Waals surface area contributed by atoms with E-state index in [1.165, 1.54) is 0 Å². The predicted molar refractivity (Wildman–Crippen MR) is 133 cm³/mol. The summed E-state index contributed by atoms with van der Waals surface area (Å²) in [6.07, 6.45) is 0.327.